The Morgan fingerprint density at radius 1 is 1.24 bits per heavy atom. The van der Waals surface area contributed by atoms with Crippen LogP contribution in [0.25, 0.3) is 0 Å². The van der Waals surface area contributed by atoms with E-state index in [0.29, 0.717) is 25.8 Å². The Labute approximate surface area is 102 Å². The van der Waals surface area contributed by atoms with Gasteiger partial charge in [-0.3, -0.25) is 4.79 Å². The van der Waals surface area contributed by atoms with Gasteiger partial charge in [0.15, 0.2) is 0 Å². The number of hydrogen-bond donors (Lipinski definition) is 2. The van der Waals surface area contributed by atoms with Gasteiger partial charge in [0.25, 0.3) is 0 Å². The fourth-order valence-electron chi connectivity index (χ4n) is 1.03. The zero-order chi connectivity index (χ0) is 13.3. The fourth-order valence-corrected chi connectivity index (χ4v) is 1.03. The average Bonchev–Trinajstić information content (AvgIpc) is 2.12. The van der Waals surface area contributed by atoms with Gasteiger partial charge in [0.2, 0.25) is 5.91 Å². The normalized spacial score (nSPS) is 11.5. The van der Waals surface area contributed by atoms with E-state index in [1.54, 1.807) is 0 Å². The van der Waals surface area contributed by atoms with Crippen LogP contribution in [0, 0.1) is 0 Å². The van der Waals surface area contributed by atoms with E-state index in [-0.39, 0.29) is 5.91 Å². The molecule has 0 radical (unpaired) electrons. The van der Waals surface area contributed by atoms with Crippen molar-refractivity contribution in [1.29, 1.82) is 0 Å². The third-order valence-electron chi connectivity index (χ3n) is 1.70. The minimum absolute atomic E-state index is 0.304. The first kappa shape index (κ1) is 15.5. The molecule has 0 aliphatic carbocycles. The lowest BCUT2D eigenvalue weighted by atomic mass is 10.2. The molecule has 0 aromatic rings. The van der Waals surface area contributed by atoms with E-state index in [0.717, 1.165) is 0 Å². The van der Waals surface area contributed by atoms with Crippen LogP contribution < -0.4 is 11.1 Å². The van der Waals surface area contributed by atoms with Crippen molar-refractivity contribution in [2.24, 2.45) is 5.73 Å². The Bertz CT molecular complexity index is 280. The first-order valence-corrected chi connectivity index (χ1v) is 5.71. The predicted molar refractivity (Wildman–Crippen MR) is 66.4 cm³/mol. The quantitative estimate of drug-likeness (QED) is 0.549. The van der Waals surface area contributed by atoms with Crippen molar-refractivity contribution in [3.05, 3.63) is 12.2 Å². The van der Waals surface area contributed by atoms with Gasteiger partial charge >= 0.3 is 6.09 Å². The molecule has 0 heterocycles. The third-order valence-corrected chi connectivity index (χ3v) is 1.70. The Hall–Kier alpha value is -1.52. The van der Waals surface area contributed by atoms with Crippen LogP contribution in [0.15, 0.2) is 12.2 Å². The average molecular weight is 242 g/mol. The van der Waals surface area contributed by atoms with E-state index in [1.807, 2.05) is 32.9 Å². The van der Waals surface area contributed by atoms with Gasteiger partial charge in [-0.1, -0.05) is 12.2 Å². The Morgan fingerprint density at radius 2 is 1.82 bits per heavy atom. The Morgan fingerprint density at radius 3 is 2.35 bits per heavy atom. The van der Waals surface area contributed by atoms with Crippen molar-refractivity contribution in [2.75, 3.05) is 6.54 Å². The number of carbonyl (C=O) groups is 2. The van der Waals surface area contributed by atoms with Gasteiger partial charge in [0.1, 0.15) is 5.60 Å². The second-order valence-corrected chi connectivity index (χ2v) is 4.69. The number of ether oxygens (including phenoxy) is 1. The molecule has 0 aromatic carbocycles. The lowest BCUT2D eigenvalue weighted by Crippen LogP contribution is -2.32. The van der Waals surface area contributed by atoms with Crippen molar-refractivity contribution < 1.29 is 14.3 Å². The molecule has 0 fully saturated rings. The standard InChI is InChI=1S/C12H22N2O3/c1-12(2,3)17-11(16)14-9-7-5-4-6-8-10(13)15/h4-5H,6-9H2,1-3H3,(H2,13,15)(H,14,16)/b5-4+. The van der Waals surface area contributed by atoms with Crippen molar-refractivity contribution in [2.45, 2.75) is 45.6 Å². The maximum absolute atomic E-state index is 11.2. The predicted octanol–water partition coefficient (Wildman–Crippen LogP) is 1.72. The third kappa shape index (κ3) is 12.4. The second-order valence-electron chi connectivity index (χ2n) is 4.69. The number of rotatable bonds is 6. The van der Waals surface area contributed by atoms with Crippen LogP contribution in [0.2, 0.25) is 0 Å². The zero-order valence-corrected chi connectivity index (χ0v) is 10.8. The van der Waals surface area contributed by atoms with Crippen LogP contribution in [0.4, 0.5) is 4.79 Å². The lowest BCUT2D eigenvalue weighted by Gasteiger charge is -2.19. The van der Waals surface area contributed by atoms with Crippen LogP contribution in [-0.2, 0) is 9.53 Å². The van der Waals surface area contributed by atoms with Crippen LogP contribution >= 0.6 is 0 Å². The summed E-state index contributed by atoms with van der Waals surface area (Å²) in [6, 6.07) is 0. The maximum Gasteiger partial charge on any atom is 0.407 e. The van der Waals surface area contributed by atoms with Gasteiger partial charge in [-0.15, -0.1) is 0 Å². The largest absolute Gasteiger partial charge is 0.444 e. The molecule has 0 spiro atoms. The molecule has 0 aliphatic rings. The number of alkyl carbamates (subject to hydrolysis) is 1. The molecule has 0 atom stereocenters. The molecular weight excluding hydrogens is 220 g/mol. The second kappa shape index (κ2) is 7.70. The molecule has 5 nitrogen and oxygen atoms in total. The first-order chi connectivity index (χ1) is 7.81. The van der Waals surface area contributed by atoms with Gasteiger partial charge < -0.3 is 15.8 Å². The molecule has 98 valence electrons. The SMILES string of the molecule is CC(C)(C)OC(=O)NCC/C=C/CCC(N)=O. The summed E-state index contributed by atoms with van der Waals surface area (Å²) in [5, 5.41) is 2.63. The number of hydrogen-bond acceptors (Lipinski definition) is 3. The minimum atomic E-state index is -0.471. The van der Waals surface area contributed by atoms with E-state index in [2.05, 4.69) is 5.32 Å². The van der Waals surface area contributed by atoms with Crippen LogP contribution in [0.3, 0.4) is 0 Å². The summed E-state index contributed by atoms with van der Waals surface area (Å²) in [5.41, 5.74) is 4.51. The van der Waals surface area contributed by atoms with Crippen LogP contribution in [0.5, 0.6) is 0 Å². The van der Waals surface area contributed by atoms with Crippen LogP contribution in [0.1, 0.15) is 40.0 Å². The smallest absolute Gasteiger partial charge is 0.407 e. The summed E-state index contributed by atoms with van der Waals surface area (Å²) in [6.45, 7) is 5.96. The van der Waals surface area contributed by atoms with Crippen molar-refractivity contribution in [1.82, 2.24) is 5.32 Å². The summed E-state index contributed by atoms with van der Waals surface area (Å²) >= 11 is 0. The summed E-state index contributed by atoms with van der Waals surface area (Å²) in [6.07, 6.45) is 5.07. The number of primary amides is 1. The molecule has 0 unspecified atom stereocenters. The molecule has 0 saturated carbocycles. The van der Waals surface area contributed by atoms with E-state index in [9.17, 15) is 9.59 Å². The summed E-state index contributed by atoms with van der Waals surface area (Å²) in [7, 11) is 0. The Kier molecular flexibility index (Phi) is 7.02. The highest BCUT2D eigenvalue weighted by Gasteiger charge is 2.14. The van der Waals surface area contributed by atoms with E-state index >= 15 is 0 Å². The highest BCUT2D eigenvalue weighted by atomic mass is 16.6. The van der Waals surface area contributed by atoms with E-state index in [1.165, 1.54) is 0 Å². The highest BCUT2D eigenvalue weighted by molar-refractivity contribution is 5.73. The van der Waals surface area contributed by atoms with E-state index in [4.69, 9.17) is 10.5 Å². The molecule has 17 heavy (non-hydrogen) atoms. The van der Waals surface area contributed by atoms with Gasteiger partial charge in [-0.25, -0.2) is 4.79 Å². The number of carbonyl (C=O) groups excluding carboxylic acids is 2. The summed E-state index contributed by atoms with van der Waals surface area (Å²) in [4.78, 5) is 21.6. The first-order valence-electron chi connectivity index (χ1n) is 5.71. The van der Waals surface area contributed by atoms with Gasteiger partial charge in [-0.05, 0) is 33.6 Å². The molecule has 0 aromatic heterocycles. The Balaban J connectivity index is 3.51. The number of amides is 2. The summed E-state index contributed by atoms with van der Waals surface area (Å²) < 4.78 is 5.06. The van der Waals surface area contributed by atoms with Crippen molar-refractivity contribution in [3.63, 3.8) is 0 Å². The topological polar surface area (TPSA) is 81.4 Å². The molecule has 0 bridgehead atoms. The van der Waals surface area contributed by atoms with E-state index < -0.39 is 11.7 Å². The molecule has 0 saturated heterocycles. The van der Waals surface area contributed by atoms with Gasteiger partial charge in [0.05, 0.1) is 0 Å². The van der Waals surface area contributed by atoms with Crippen LogP contribution in [-0.4, -0.2) is 24.1 Å². The number of nitrogens with two attached hydrogens (primary N) is 1. The molecular formula is C12H22N2O3. The minimum Gasteiger partial charge on any atom is -0.444 e. The number of allylic oxidation sites excluding steroid dienone is 1. The van der Waals surface area contributed by atoms with Gasteiger partial charge in [-0.2, -0.15) is 0 Å². The molecule has 2 amide bonds. The van der Waals surface area contributed by atoms with Gasteiger partial charge in [0, 0.05) is 13.0 Å². The highest BCUT2D eigenvalue weighted by Crippen LogP contribution is 2.06. The fraction of sp³-hybridized carbons (Fsp3) is 0.667. The maximum atomic E-state index is 11.2. The van der Waals surface area contributed by atoms with Crippen molar-refractivity contribution in [3.8, 4) is 0 Å². The zero-order valence-electron chi connectivity index (χ0n) is 10.8. The van der Waals surface area contributed by atoms with Crippen molar-refractivity contribution >= 4 is 12.0 Å². The number of nitrogens with one attached hydrogen (secondary N) is 1. The molecule has 0 aliphatic heterocycles. The molecule has 3 N–H and O–H groups in total. The monoisotopic (exact) mass is 242 g/mol. The lowest BCUT2D eigenvalue weighted by molar-refractivity contribution is -0.117. The summed E-state index contributed by atoms with van der Waals surface area (Å²) in [5.74, 6) is -0.304. The molecule has 0 rings (SSSR count). The molecule has 5 heteroatoms.